The number of hydrogen-bond acceptors (Lipinski definition) is 6. The lowest BCUT2D eigenvalue weighted by atomic mass is 9.86. The summed E-state index contributed by atoms with van der Waals surface area (Å²) >= 11 is 0. The standard InChI is InChI=1S/C11H12BF5N4O2/c1-5-6(21-10(12,22)11(16,17)23-5)2-19-8-4-18-7(3-20-8)9(13,14)15/h3-6,21-22H,2H2,1H3,(H,19,20). The van der Waals surface area contributed by atoms with Gasteiger partial charge in [0, 0.05) is 6.54 Å². The fraction of sp³-hybridized carbons (Fsp3) is 0.636. The van der Waals surface area contributed by atoms with Gasteiger partial charge in [-0.05, 0) is 6.92 Å². The Hall–Kier alpha value is -1.53. The summed E-state index contributed by atoms with van der Waals surface area (Å²) in [6, 6.07) is -0.853. The van der Waals surface area contributed by atoms with Gasteiger partial charge in [-0.2, -0.15) is 22.0 Å². The Morgan fingerprint density at radius 2 is 2.04 bits per heavy atom. The summed E-state index contributed by atoms with van der Waals surface area (Å²) in [7, 11) is 5.03. The summed E-state index contributed by atoms with van der Waals surface area (Å²) < 4.78 is 68.0. The SMILES string of the molecule is [B]C1(O)NC(CNc2cnc(C(F)(F)F)cn2)C(C)OC1(F)F. The number of anilines is 1. The highest BCUT2D eigenvalue weighted by Gasteiger charge is 2.56. The molecule has 3 atom stereocenters. The van der Waals surface area contributed by atoms with Crippen LogP contribution in [0.1, 0.15) is 12.6 Å². The normalized spacial score (nSPS) is 30.9. The summed E-state index contributed by atoms with van der Waals surface area (Å²) in [6.45, 7) is 1.22. The number of nitrogens with one attached hydrogen (secondary N) is 2. The first-order valence-corrected chi connectivity index (χ1v) is 6.40. The molecule has 1 aliphatic rings. The number of aliphatic hydroxyl groups is 1. The first kappa shape index (κ1) is 17.8. The van der Waals surface area contributed by atoms with Crippen molar-refractivity contribution in [1.82, 2.24) is 15.3 Å². The highest BCUT2D eigenvalue weighted by Crippen LogP contribution is 2.32. The van der Waals surface area contributed by atoms with Crippen molar-refractivity contribution in [1.29, 1.82) is 0 Å². The molecule has 3 unspecified atom stereocenters. The lowest BCUT2D eigenvalue weighted by molar-refractivity contribution is -0.353. The van der Waals surface area contributed by atoms with Gasteiger partial charge in [0.2, 0.25) is 0 Å². The van der Waals surface area contributed by atoms with E-state index in [-0.39, 0.29) is 12.4 Å². The molecule has 12 heteroatoms. The molecule has 23 heavy (non-hydrogen) atoms. The van der Waals surface area contributed by atoms with Gasteiger partial charge < -0.3 is 15.2 Å². The van der Waals surface area contributed by atoms with Crippen LogP contribution >= 0.6 is 0 Å². The van der Waals surface area contributed by atoms with E-state index in [1.807, 2.05) is 0 Å². The van der Waals surface area contributed by atoms with Gasteiger partial charge in [-0.15, -0.1) is 0 Å². The minimum Gasteiger partial charge on any atom is -0.376 e. The molecule has 1 aromatic heterocycles. The van der Waals surface area contributed by atoms with E-state index in [9.17, 15) is 27.1 Å². The average Bonchev–Trinajstić information content (AvgIpc) is 2.40. The van der Waals surface area contributed by atoms with Gasteiger partial charge in [-0.25, -0.2) is 9.97 Å². The molecule has 0 amide bonds. The molecule has 0 bridgehead atoms. The highest BCUT2D eigenvalue weighted by atomic mass is 19.4. The van der Waals surface area contributed by atoms with Crippen molar-refractivity contribution < 1.29 is 31.8 Å². The molecular weight excluding hydrogens is 326 g/mol. The predicted octanol–water partition coefficient (Wildman–Crippen LogP) is 0.692. The Bertz CT molecular complexity index is 554. The van der Waals surface area contributed by atoms with Crippen LogP contribution in [-0.4, -0.2) is 53.3 Å². The van der Waals surface area contributed by atoms with E-state index in [1.54, 1.807) is 0 Å². The number of aromatic nitrogens is 2. The average molecular weight is 338 g/mol. The third-order valence-corrected chi connectivity index (χ3v) is 3.20. The van der Waals surface area contributed by atoms with Gasteiger partial charge in [0.1, 0.15) is 13.7 Å². The maximum atomic E-state index is 13.3. The lowest BCUT2D eigenvalue weighted by Gasteiger charge is -2.45. The maximum absolute atomic E-state index is 13.3. The van der Waals surface area contributed by atoms with Crippen LogP contribution in [0.5, 0.6) is 0 Å². The fourth-order valence-electron chi connectivity index (χ4n) is 1.89. The van der Waals surface area contributed by atoms with E-state index in [2.05, 4.69) is 25.3 Å². The Balaban J connectivity index is 1.98. The van der Waals surface area contributed by atoms with Crippen molar-refractivity contribution in [3.05, 3.63) is 18.1 Å². The van der Waals surface area contributed by atoms with Gasteiger partial charge in [-0.1, -0.05) is 0 Å². The molecule has 3 N–H and O–H groups in total. The van der Waals surface area contributed by atoms with Crippen molar-refractivity contribution in [2.45, 2.75) is 37.0 Å². The van der Waals surface area contributed by atoms with Crippen LogP contribution in [0.15, 0.2) is 12.4 Å². The molecule has 2 heterocycles. The Morgan fingerprint density at radius 3 is 2.57 bits per heavy atom. The summed E-state index contributed by atoms with van der Waals surface area (Å²) in [5.41, 5.74) is -4.23. The molecule has 1 fully saturated rings. The number of rotatable bonds is 3. The molecule has 0 aliphatic carbocycles. The molecular formula is C11H12BF5N4O2. The summed E-state index contributed by atoms with van der Waals surface area (Å²) in [4.78, 5) is 6.70. The van der Waals surface area contributed by atoms with E-state index in [0.29, 0.717) is 6.20 Å². The van der Waals surface area contributed by atoms with E-state index in [1.165, 1.54) is 6.92 Å². The first-order valence-electron chi connectivity index (χ1n) is 6.40. The number of alkyl halides is 5. The van der Waals surface area contributed by atoms with E-state index >= 15 is 0 Å². The van der Waals surface area contributed by atoms with Crippen LogP contribution in [0.3, 0.4) is 0 Å². The minimum absolute atomic E-state index is 0.00936. The second kappa shape index (κ2) is 5.84. The molecule has 0 aromatic carbocycles. The molecule has 2 radical (unpaired) electrons. The Kier molecular flexibility index (Phi) is 4.52. The van der Waals surface area contributed by atoms with Gasteiger partial charge in [0.05, 0.1) is 24.5 Å². The van der Waals surface area contributed by atoms with Crippen molar-refractivity contribution in [2.24, 2.45) is 0 Å². The number of hydrogen-bond donors (Lipinski definition) is 3. The van der Waals surface area contributed by atoms with Crippen molar-refractivity contribution >= 4 is 13.7 Å². The van der Waals surface area contributed by atoms with Gasteiger partial charge in [0.15, 0.2) is 11.3 Å². The number of ether oxygens (including phenoxy) is 1. The van der Waals surface area contributed by atoms with Crippen molar-refractivity contribution in [3.8, 4) is 0 Å². The molecule has 6 nitrogen and oxygen atoms in total. The molecule has 1 saturated heterocycles. The second-order valence-corrected chi connectivity index (χ2v) is 5.02. The van der Waals surface area contributed by atoms with Crippen LogP contribution in [0.25, 0.3) is 0 Å². The molecule has 0 spiro atoms. The van der Waals surface area contributed by atoms with Crippen molar-refractivity contribution in [3.63, 3.8) is 0 Å². The van der Waals surface area contributed by atoms with E-state index in [4.69, 9.17) is 7.85 Å². The molecule has 0 saturated carbocycles. The highest BCUT2D eigenvalue weighted by molar-refractivity contribution is 6.14. The van der Waals surface area contributed by atoms with Crippen LogP contribution in [0.4, 0.5) is 27.8 Å². The summed E-state index contributed by atoms with van der Waals surface area (Å²) in [5, 5.41) is 14.1. The summed E-state index contributed by atoms with van der Waals surface area (Å²) in [5.74, 6) is -0.00936. The second-order valence-electron chi connectivity index (χ2n) is 5.02. The largest absolute Gasteiger partial charge is 0.434 e. The number of halogens is 5. The Labute approximate surface area is 128 Å². The van der Waals surface area contributed by atoms with Crippen LogP contribution in [0.2, 0.25) is 0 Å². The quantitative estimate of drug-likeness (QED) is 0.556. The molecule has 126 valence electrons. The maximum Gasteiger partial charge on any atom is 0.434 e. The molecule has 1 aliphatic heterocycles. The summed E-state index contributed by atoms with van der Waals surface area (Å²) in [6.07, 6.45) is -8.26. The van der Waals surface area contributed by atoms with Gasteiger partial charge in [0.25, 0.3) is 0 Å². The lowest BCUT2D eigenvalue weighted by Crippen LogP contribution is -2.71. The first-order chi connectivity index (χ1) is 10.4. The van der Waals surface area contributed by atoms with Crippen molar-refractivity contribution in [2.75, 3.05) is 11.9 Å². The Morgan fingerprint density at radius 1 is 1.39 bits per heavy atom. The monoisotopic (exact) mass is 338 g/mol. The van der Waals surface area contributed by atoms with Crippen LogP contribution in [0, 0.1) is 0 Å². The zero-order chi connectivity index (χ0) is 17.5. The van der Waals surface area contributed by atoms with Gasteiger partial charge in [-0.3, -0.25) is 5.32 Å². The van der Waals surface area contributed by atoms with E-state index in [0.717, 1.165) is 6.20 Å². The minimum atomic E-state index is -4.61. The topological polar surface area (TPSA) is 79.3 Å². The van der Waals surface area contributed by atoms with Crippen LogP contribution < -0.4 is 10.6 Å². The third-order valence-electron chi connectivity index (χ3n) is 3.20. The fourth-order valence-corrected chi connectivity index (χ4v) is 1.89. The zero-order valence-electron chi connectivity index (χ0n) is 11.7. The molecule has 2 rings (SSSR count). The predicted molar refractivity (Wildman–Crippen MR) is 68.6 cm³/mol. The third kappa shape index (κ3) is 3.87. The van der Waals surface area contributed by atoms with E-state index < -0.39 is 35.7 Å². The number of nitrogens with zero attached hydrogens (tertiary/aromatic N) is 2. The smallest absolute Gasteiger partial charge is 0.376 e. The zero-order valence-corrected chi connectivity index (χ0v) is 11.7. The van der Waals surface area contributed by atoms with Crippen LogP contribution in [-0.2, 0) is 10.9 Å². The molecule has 1 aromatic rings. The van der Waals surface area contributed by atoms with Gasteiger partial charge >= 0.3 is 12.3 Å². The number of morpholine rings is 1.